The molecule has 0 aromatic carbocycles. The van der Waals surface area contributed by atoms with Gasteiger partial charge in [0.05, 0.1) is 0 Å². The van der Waals surface area contributed by atoms with Gasteiger partial charge in [-0.25, -0.2) is 0 Å². The van der Waals surface area contributed by atoms with E-state index >= 15 is 0 Å². The summed E-state index contributed by atoms with van der Waals surface area (Å²) in [7, 11) is 0. The second kappa shape index (κ2) is 6.67. The van der Waals surface area contributed by atoms with Crippen molar-refractivity contribution in [1.29, 1.82) is 0 Å². The van der Waals surface area contributed by atoms with Crippen LogP contribution in [0.25, 0.3) is 0 Å². The fourth-order valence-corrected chi connectivity index (χ4v) is 1.51. The van der Waals surface area contributed by atoms with E-state index in [9.17, 15) is 0 Å². The average Bonchev–Trinajstić information content (AvgIpc) is 2.02. The van der Waals surface area contributed by atoms with Crippen molar-refractivity contribution in [2.75, 3.05) is 19.0 Å². The number of alkyl halides is 1. The summed E-state index contributed by atoms with van der Waals surface area (Å²) in [4.78, 5) is 2.51. The molecular formula is C11H24ClN. The lowest BCUT2D eigenvalue weighted by molar-refractivity contribution is 0.177. The van der Waals surface area contributed by atoms with Crippen molar-refractivity contribution < 1.29 is 0 Å². The zero-order valence-corrected chi connectivity index (χ0v) is 10.4. The van der Waals surface area contributed by atoms with Gasteiger partial charge in [0.1, 0.15) is 0 Å². The largest absolute Gasteiger partial charge is 0.300 e. The molecule has 0 spiro atoms. The standard InChI is InChI=1S/C11H24ClN/c1-9(2)7-13(10(3)4)8-11(5)6-12/h9-11H,6-8H2,1-5H3. The summed E-state index contributed by atoms with van der Waals surface area (Å²) >= 11 is 5.81. The van der Waals surface area contributed by atoms with Gasteiger partial charge < -0.3 is 4.90 Å². The van der Waals surface area contributed by atoms with Gasteiger partial charge in [0.2, 0.25) is 0 Å². The topological polar surface area (TPSA) is 3.24 Å². The van der Waals surface area contributed by atoms with Crippen LogP contribution >= 0.6 is 11.6 Å². The molecule has 0 radical (unpaired) electrons. The van der Waals surface area contributed by atoms with Crippen LogP contribution in [0.3, 0.4) is 0 Å². The monoisotopic (exact) mass is 205 g/mol. The van der Waals surface area contributed by atoms with E-state index < -0.39 is 0 Å². The summed E-state index contributed by atoms with van der Waals surface area (Å²) < 4.78 is 0. The molecule has 0 bridgehead atoms. The van der Waals surface area contributed by atoms with E-state index in [1.165, 1.54) is 6.54 Å². The summed E-state index contributed by atoms with van der Waals surface area (Å²) in [5.74, 6) is 2.11. The molecule has 1 unspecified atom stereocenters. The minimum Gasteiger partial charge on any atom is -0.300 e. The Labute approximate surface area is 88.5 Å². The zero-order valence-electron chi connectivity index (χ0n) is 9.68. The Morgan fingerprint density at radius 1 is 1.00 bits per heavy atom. The van der Waals surface area contributed by atoms with Crippen LogP contribution in [0.4, 0.5) is 0 Å². The van der Waals surface area contributed by atoms with E-state index in [0.717, 1.165) is 18.3 Å². The van der Waals surface area contributed by atoms with Gasteiger partial charge in [0, 0.05) is 25.0 Å². The Kier molecular flexibility index (Phi) is 6.79. The van der Waals surface area contributed by atoms with Gasteiger partial charge >= 0.3 is 0 Å². The van der Waals surface area contributed by atoms with Crippen LogP contribution in [0.2, 0.25) is 0 Å². The Balaban J connectivity index is 3.94. The highest BCUT2D eigenvalue weighted by Crippen LogP contribution is 2.09. The molecule has 1 nitrogen and oxygen atoms in total. The van der Waals surface area contributed by atoms with Gasteiger partial charge in [-0.2, -0.15) is 0 Å². The van der Waals surface area contributed by atoms with Crippen LogP contribution < -0.4 is 0 Å². The van der Waals surface area contributed by atoms with Crippen molar-refractivity contribution in [2.45, 2.75) is 40.7 Å². The van der Waals surface area contributed by atoms with Gasteiger partial charge in [-0.3, -0.25) is 0 Å². The van der Waals surface area contributed by atoms with E-state index in [1.807, 2.05) is 0 Å². The van der Waals surface area contributed by atoms with Crippen molar-refractivity contribution in [3.8, 4) is 0 Å². The molecule has 0 aromatic rings. The Morgan fingerprint density at radius 2 is 1.54 bits per heavy atom. The Hall–Kier alpha value is 0.250. The summed E-state index contributed by atoms with van der Waals surface area (Å²) in [6.07, 6.45) is 0. The lowest BCUT2D eigenvalue weighted by Gasteiger charge is -2.30. The van der Waals surface area contributed by atoms with E-state index in [1.54, 1.807) is 0 Å². The maximum atomic E-state index is 5.81. The molecule has 2 heteroatoms. The van der Waals surface area contributed by atoms with Crippen LogP contribution in [0.5, 0.6) is 0 Å². The molecule has 13 heavy (non-hydrogen) atoms. The number of nitrogens with zero attached hydrogens (tertiary/aromatic N) is 1. The molecule has 80 valence electrons. The maximum Gasteiger partial charge on any atom is 0.0261 e. The molecular weight excluding hydrogens is 182 g/mol. The summed E-state index contributed by atoms with van der Waals surface area (Å²) in [5, 5.41) is 0. The molecule has 0 saturated carbocycles. The molecule has 0 fully saturated rings. The predicted octanol–water partition coefficient (Wildman–Crippen LogP) is 3.23. The SMILES string of the molecule is CC(C)CN(CC(C)CCl)C(C)C. The first kappa shape index (κ1) is 13.2. The predicted molar refractivity (Wildman–Crippen MR) is 61.4 cm³/mol. The van der Waals surface area contributed by atoms with Gasteiger partial charge in [-0.1, -0.05) is 20.8 Å². The average molecular weight is 206 g/mol. The van der Waals surface area contributed by atoms with Crippen molar-refractivity contribution in [3.05, 3.63) is 0 Å². The zero-order chi connectivity index (χ0) is 10.4. The summed E-state index contributed by atoms with van der Waals surface area (Å²) in [6.45, 7) is 13.6. The van der Waals surface area contributed by atoms with Gasteiger partial charge in [0.15, 0.2) is 0 Å². The molecule has 0 saturated heterocycles. The molecule has 0 aliphatic rings. The van der Waals surface area contributed by atoms with E-state index in [-0.39, 0.29) is 0 Å². The summed E-state index contributed by atoms with van der Waals surface area (Å²) in [5.41, 5.74) is 0. The van der Waals surface area contributed by atoms with Gasteiger partial charge in [0.25, 0.3) is 0 Å². The number of hydrogen-bond donors (Lipinski definition) is 0. The van der Waals surface area contributed by atoms with Crippen molar-refractivity contribution >= 4 is 11.6 Å². The molecule has 0 aliphatic heterocycles. The molecule has 0 aromatic heterocycles. The highest BCUT2D eigenvalue weighted by atomic mass is 35.5. The van der Waals surface area contributed by atoms with Crippen molar-refractivity contribution in [2.24, 2.45) is 11.8 Å². The van der Waals surface area contributed by atoms with E-state index in [2.05, 4.69) is 39.5 Å². The number of halogens is 1. The third-order valence-corrected chi connectivity index (χ3v) is 2.67. The fourth-order valence-electron chi connectivity index (χ4n) is 1.41. The third kappa shape index (κ3) is 6.34. The first-order valence-corrected chi connectivity index (χ1v) is 5.80. The lowest BCUT2D eigenvalue weighted by Crippen LogP contribution is -2.37. The second-order valence-corrected chi connectivity index (χ2v) is 5.01. The van der Waals surface area contributed by atoms with Crippen LogP contribution in [0.15, 0.2) is 0 Å². The van der Waals surface area contributed by atoms with Crippen LogP contribution in [-0.2, 0) is 0 Å². The molecule has 1 atom stereocenters. The normalized spacial score (nSPS) is 14.5. The van der Waals surface area contributed by atoms with Crippen molar-refractivity contribution in [1.82, 2.24) is 4.90 Å². The van der Waals surface area contributed by atoms with Crippen LogP contribution in [0, 0.1) is 11.8 Å². The molecule has 0 N–H and O–H groups in total. The number of rotatable bonds is 6. The van der Waals surface area contributed by atoms with E-state index in [4.69, 9.17) is 11.6 Å². The minimum atomic E-state index is 0.600. The summed E-state index contributed by atoms with van der Waals surface area (Å²) in [6, 6.07) is 0.632. The molecule has 0 heterocycles. The van der Waals surface area contributed by atoms with Crippen molar-refractivity contribution in [3.63, 3.8) is 0 Å². The van der Waals surface area contributed by atoms with E-state index in [0.29, 0.717) is 12.0 Å². The lowest BCUT2D eigenvalue weighted by atomic mass is 10.1. The first-order valence-electron chi connectivity index (χ1n) is 5.27. The first-order chi connectivity index (χ1) is 5.97. The quantitative estimate of drug-likeness (QED) is 0.602. The number of hydrogen-bond acceptors (Lipinski definition) is 1. The van der Waals surface area contributed by atoms with Crippen LogP contribution in [-0.4, -0.2) is 29.9 Å². The molecule has 0 rings (SSSR count). The highest BCUT2D eigenvalue weighted by Gasteiger charge is 2.13. The fraction of sp³-hybridized carbons (Fsp3) is 1.00. The maximum absolute atomic E-state index is 5.81. The highest BCUT2D eigenvalue weighted by molar-refractivity contribution is 6.18. The minimum absolute atomic E-state index is 0.600. The Bertz CT molecular complexity index is 123. The van der Waals surface area contributed by atoms with Gasteiger partial charge in [-0.05, 0) is 25.7 Å². The Morgan fingerprint density at radius 3 is 1.85 bits per heavy atom. The molecule has 0 amide bonds. The molecule has 0 aliphatic carbocycles. The van der Waals surface area contributed by atoms with Gasteiger partial charge in [-0.15, -0.1) is 11.6 Å². The third-order valence-electron chi connectivity index (χ3n) is 2.14. The van der Waals surface area contributed by atoms with Crippen LogP contribution in [0.1, 0.15) is 34.6 Å². The smallest absolute Gasteiger partial charge is 0.0261 e. The second-order valence-electron chi connectivity index (χ2n) is 4.70.